The van der Waals surface area contributed by atoms with Crippen LogP contribution in [0.1, 0.15) is 24.2 Å². The Labute approximate surface area is 148 Å². The second-order valence-corrected chi connectivity index (χ2v) is 6.56. The Balaban J connectivity index is 1.89. The van der Waals surface area contributed by atoms with Crippen molar-refractivity contribution in [2.75, 3.05) is 0 Å². The summed E-state index contributed by atoms with van der Waals surface area (Å²) in [5.41, 5.74) is 2.13. The number of nitrogens with one attached hydrogen (secondary N) is 1. The molecular weight excluding hydrogens is 370 g/mol. The maximum atomic E-state index is 12.1. The zero-order valence-electron chi connectivity index (χ0n) is 13.3. The zero-order chi connectivity index (χ0) is 17.1. The van der Waals surface area contributed by atoms with E-state index in [4.69, 9.17) is 4.52 Å². The smallest absolute Gasteiger partial charge is 0.258 e. The third kappa shape index (κ3) is 3.71. The van der Waals surface area contributed by atoms with Gasteiger partial charge in [-0.3, -0.25) is 4.79 Å². The van der Waals surface area contributed by atoms with Gasteiger partial charge in [-0.15, -0.1) is 0 Å². The summed E-state index contributed by atoms with van der Waals surface area (Å²) in [7, 11) is 0. The Morgan fingerprint density at radius 2 is 1.88 bits per heavy atom. The molecule has 0 atom stereocenters. The quantitative estimate of drug-likeness (QED) is 0.726. The first-order valence-corrected chi connectivity index (χ1v) is 8.33. The van der Waals surface area contributed by atoms with Crippen LogP contribution in [-0.4, -0.2) is 22.1 Å². The highest BCUT2D eigenvalue weighted by Crippen LogP contribution is 2.24. The molecule has 24 heavy (non-hydrogen) atoms. The predicted molar refractivity (Wildman–Crippen MR) is 95.5 cm³/mol. The minimum absolute atomic E-state index is 0.0782. The van der Waals surface area contributed by atoms with E-state index in [1.165, 1.54) is 0 Å². The van der Waals surface area contributed by atoms with E-state index in [0.717, 1.165) is 15.6 Å². The first-order valence-electron chi connectivity index (χ1n) is 7.54. The summed E-state index contributed by atoms with van der Waals surface area (Å²) in [6.45, 7) is 3.84. The van der Waals surface area contributed by atoms with Crippen LogP contribution in [0.25, 0.3) is 22.8 Å². The number of nitrogens with zero attached hydrogens (tertiary/aromatic N) is 2. The molecule has 2 aromatic carbocycles. The minimum atomic E-state index is -0.123. The molecule has 3 aromatic rings. The van der Waals surface area contributed by atoms with Gasteiger partial charge >= 0.3 is 0 Å². The van der Waals surface area contributed by atoms with Gasteiger partial charge < -0.3 is 9.84 Å². The molecular formula is C18H16BrN3O2. The lowest BCUT2D eigenvalue weighted by atomic mass is 10.1. The van der Waals surface area contributed by atoms with Crippen molar-refractivity contribution in [2.24, 2.45) is 0 Å². The predicted octanol–water partition coefficient (Wildman–Crippen LogP) is 4.30. The largest absolute Gasteiger partial charge is 0.350 e. The highest BCUT2D eigenvalue weighted by molar-refractivity contribution is 9.10. The Hall–Kier alpha value is -2.47. The van der Waals surface area contributed by atoms with E-state index in [-0.39, 0.29) is 11.9 Å². The van der Waals surface area contributed by atoms with Crippen LogP contribution in [0.15, 0.2) is 57.5 Å². The van der Waals surface area contributed by atoms with Crippen LogP contribution < -0.4 is 5.32 Å². The van der Waals surface area contributed by atoms with Crippen LogP contribution >= 0.6 is 15.9 Å². The van der Waals surface area contributed by atoms with Crippen LogP contribution in [0.4, 0.5) is 0 Å². The average Bonchev–Trinajstić information content (AvgIpc) is 3.04. The fraction of sp³-hybridized carbons (Fsp3) is 0.167. The van der Waals surface area contributed by atoms with Crippen LogP contribution in [0.3, 0.4) is 0 Å². The second-order valence-electron chi connectivity index (χ2n) is 5.64. The Morgan fingerprint density at radius 3 is 2.62 bits per heavy atom. The van der Waals surface area contributed by atoms with Gasteiger partial charge in [0.25, 0.3) is 11.8 Å². The molecule has 1 heterocycles. The van der Waals surface area contributed by atoms with Crippen molar-refractivity contribution in [1.29, 1.82) is 0 Å². The average molecular weight is 386 g/mol. The van der Waals surface area contributed by atoms with E-state index in [9.17, 15) is 4.79 Å². The standard InChI is InChI=1S/C18H16BrN3O2/c1-11(2)20-17(23)13-6-3-5-12(9-13)16-21-18(24-22-16)14-7-4-8-15(19)10-14/h3-11H,1-2H3,(H,20,23). The zero-order valence-corrected chi connectivity index (χ0v) is 14.9. The second kappa shape index (κ2) is 6.97. The van der Waals surface area contributed by atoms with Gasteiger partial charge in [0.15, 0.2) is 0 Å². The highest BCUT2D eigenvalue weighted by Gasteiger charge is 2.13. The van der Waals surface area contributed by atoms with E-state index >= 15 is 0 Å². The van der Waals surface area contributed by atoms with Crippen molar-refractivity contribution in [3.8, 4) is 22.8 Å². The van der Waals surface area contributed by atoms with Gasteiger partial charge in [0.05, 0.1) is 0 Å². The lowest BCUT2D eigenvalue weighted by Crippen LogP contribution is -2.30. The molecule has 0 aliphatic heterocycles. The molecule has 122 valence electrons. The summed E-state index contributed by atoms with van der Waals surface area (Å²) in [5.74, 6) is 0.759. The van der Waals surface area contributed by atoms with Crippen LogP contribution in [-0.2, 0) is 0 Å². The van der Waals surface area contributed by atoms with Crippen molar-refractivity contribution in [3.05, 3.63) is 58.6 Å². The summed E-state index contributed by atoms with van der Waals surface area (Å²) in [5, 5.41) is 6.89. The molecule has 0 saturated carbocycles. The summed E-state index contributed by atoms with van der Waals surface area (Å²) in [4.78, 5) is 16.5. The first-order chi connectivity index (χ1) is 11.5. The van der Waals surface area contributed by atoms with Crippen LogP contribution in [0.5, 0.6) is 0 Å². The third-order valence-electron chi connectivity index (χ3n) is 3.30. The Bertz CT molecular complexity index is 874. The van der Waals surface area contributed by atoms with Gasteiger partial charge in [0.1, 0.15) is 0 Å². The van der Waals surface area contributed by atoms with E-state index in [0.29, 0.717) is 17.3 Å². The topological polar surface area (TPSA) is 68.0 Å². The molecule has 1 aromatic heterocycles. The van der Waals surface area contributed by atoms with Gasteiger partial charge in [-0.25, -0.2) is 0 Å². The Morgan fingerprint density at radius 1 is 1.12 bits per heavy atom. The van der Waals surface area contributed by atoms with Gasteiger partial charge in [-0.1, -0.05) is 39.3 Å². The van der Waals surface area contributed by atoms with Crippen molar-refractivity contribution < 1.29 is 9.32 Å². The van der Waals surface area contributed by atoms with E-state index in [2.05, 4.69) is 31.4 Å². The minimum Gasteiger partial charge on any atom is -0.350 e. The lowest BCUT2D eigenvalue weighted by molar-refractivity contribution is 0.0943. The fourth-order valence-corrected chi connectivity index (χ4v) is 2.62. The number of amides is 1. The lowest BCUT2D eigenvalue weighted by Gasteiger charge is -2.08. The monoisotopic (exact) mass is 385 g/mol. The molecule has 3 rings (SSSR count). The maximum absolute atomic E-state index is 12.1. The normalized spacial score (nSPS) is 10.8. The number of rotatable bonds is 4. The molecule has 5 nitrogen and oxygen atoms in total. The molecule has 1 amide bonds. The summed E-state index contributed by atoms with van der Waals surface area (Å²) < 4.78 is 6.28. The van der Waals surface area contributed by atoms with E-state index in [1.807, 2.05) is 44.2 Å². The molecule has 0 unspecified atom stereocenters. The van der Waals surface area contributed by atoms with Crippen molar-refractivity contribution >= 4 is 21.8 Å². The van der Waals surface area contributed by atoms with Gasteiger partial charge in [0, 0.05) is 27.2 Å². The van der Waals surface area contributed by atoms with Gasteiger partial charge in [-0.05, 0) is 44.2 Å². The molecule has 0 bridgehead atoms. The summed E-state index contributed by atoms with van der Waals surface area (Å²) in [6, 6.07) is 14.9. The van der Waals surface area contributed by atoms with Gasteiger partial charge in [0.2, 0.25) is 5.82 Å². The number of halogens is 1. The maximum Gasteiger partial charge on any atom is 0.258 e. The molecule has 0 aliphatic rings. The third-order valence-corrected chi connectivity index (χ3v) is 3.79. The van der Waals surface area contributed by atoms with Crippen molar-refractivity contribution in [2.45, 2.75) is 19.9 Å². The molecule has 0 fully saturated rings. The molecule has 0 spiro atoms. The molecule has 1 N–H and O–H groups in total. The first kappa shape index (κ1) is 16.4. The highest BCUT2D eigenvalue weighted by atomic mass is 79.9. The van der Waals surface area contributed by atoms with Crippen molar-refractivity contribution in [1.82, 2.24) is 15.5 Å². The molecule has 0 radical (unpaired) electrons. The Kier molecular flexibility index (Phi) is 4.76. The number of carbonyl (C=O) groups excluding carboxylic acids is 1. The summed E-state index contributed by atoms with van der Waals surface area (Å²) in [6.07, 6.45) is 0. The number of benzene rings is 2. The molecule has 6 heteroatoms. The van der Waals surface area contributed by atoms with E-state index in [1.54, 1.807) is 18.2 Å². The SMILES string of the molecule is CC(C)NC(=O)c1cccc(-c2noc(-c3cccc(Br)c3)n2)c1. The number of aromatic nitrogens is 2. The van der Waals surface area contributed by atoms with E-state index < -0.39 is 0 Å². The molecule has 0 aliphatic carbocycles. The molecule has 0 saturated heterocycles. The van der Waals surface area contributed by atoms with Crippen LogP contribution in [0.2, 0.25) is 0 Å². The fourth-order valence-electron chi connectivity index (χ4n) is 2.22. The number of hydrogen-bond acceptors (Lipinski definition) is 4. The number of hydrogen-bond donors (Lipinski definition) is 1. The van der Waals surface area contributed by atoms with Crippen molar-refractivity contribution in [3.63, 3.8) is 0 Å². The van der Waals surface area contributed by atoms with Gasteiger partial charge in [-0.2, -0.15) is 4.98 Å². The van der Waals surface area contributed by atoms with Crippen LogP contribution in [0, 0.1) is 0 Å². The summed E-state index contributed by atoms with van der Waals surface area (Å²) >= 11 is 3.42. The number of carbonyl (C=O) groups is 1.